The van der Waals surface area contributed by atoms with Crippen molar-refractivity contribution in [3.8, 4) is 0 Å². The maximum Gasteiger partial charge on any atom is 0.191 e. The van der Waals surface area contributed by atoms with E-state index in [4.69, 9.17) is 4.98 Å². The lowest BCUT2D eigenvalue weighted by molar-refractivity contribution is 0.115. The second-order valence-corrected chi connectivity index (χ2v) is 9.67. The van der Waals surface area contributed by atoms with Crippen molar-refractivity contribution >= 4 is 22.4 Å². The number of thiazole rings is 1. The zero-order valence-electron chi connectivity index (χ0n) is 18.0. The first-order chi connectivity index (χ1) is 14.3. The van der Waals surface area contributed by atoms with Crippen LogP contribution in [0.2, 0.25) is 0 Å². The third-order valence-corrected chi connectivity index (χ3v) is 7.65. The third kappa shape index (κ3) is 5.85. The molecule has 1 aromatic rings. The van der Waals surface area contributed by atoms with Gasteiger partial charge in [-0.25, -0.2) is 4.98 Å². The summed E-state index contributed by atoms with van der Waals surface area (Å²) in [7, 11) is 1.88. The van der Waals surface area contributed by atoms with Crippen LogP contribution in [-0.2, 0) is 6.42 Å². The fourth-order valence-corrected chi connectivity index (χ4v) is 5.98. The number of hydrogen-bond donors (Lipinski definition) is 2. The van der Waals surface area contributed by atoms with Crippen LogP contribution in [0.4, 0.5) is 5.13 Å². The Bertz CT molecular complexity index is 647. The summed E-state index contributed by atoms with van der Waals surface area (Å²) in [6.07, 6.45) is 13.1. The highest BCUT2D eigenvalue weighted by molar-refractivity contribution is 7.13. The minimum absolute atomic E-state index is 0.512. The van der Waals surface area contributed by atoms with Gasteiger partial charge in [-0.3, -0.25) is 9.89 Å². The Hall–Kier alpha value is -1.34. The molecule has 29 heavy (non-hydrogen) atoms. The van der Waals surface area contributed by atoms with Crippen molar-refractivity contribution in [3.63, 3.8) is 0 Å². The largest absolute Gasteiger partial charge is 0.356 e. The van der Waals surface area contributed by atoms with E-state index < -0.39 is 0 Å². The molecule has 1 unspecified atom stereocenters. The average Bonchev–Trinajstić information content (AvgIpc) is 3.46. The molecule has 1 aliphatic carbocycles. The van der Waals surface area contributed by atoms with Gasteiger partial charge in [-0.15, -0.1) is 11.3 Å². The number of aromatic nitrogens is 1. The standard InChI is InChI=1S/C22H38N6S/c1-23-21(24-12-11-19-17-29-22(26-19)27-13-5-6-14-27)25-18-8-7-15-28(16-18)20-9-3-2-4-10-20/h17-18,20H,2-16H2,1H3,(H2,23,24,25). The van der Waals surface area contributed by atoms with Crippen LogP contribution in [0, 0.1) is 0 Å². The van der Waals surface area contributed by atoms with Crippen LogP contribution >= 0.6 is 11.3 Å². The van der Waals surface area contributed by atoms with Crippen molar-refractivity contribution in [1.29, 1.82) is 0 Å². The van der Waals surface area contributed by atoms with Crippen molar-refractivity contribution in [1.82, 2.24) is 20.5 Å². The van der Waals surface area contributed by atoms with E-state index in [1.165, 1.54) is 88.2 Å². The molecule has 0 bridgehead atoms. The van der Waals surface area contributed by atoms with Crippen molar-refractivity contribution in [3.05, 3.63) is 11.1 Å². The smallest absolute Gasteiger partial charge is 0.191 e. The minimum Gasteiger partial charge on any atom is -0.356 e. The normalized spacial score (nSPS) is 24.8. The van der Waals surface area contributed by atoms with Gasteiger partial charge in [0.1, 0.15) is 0 Å². The highest BCUT2D eigenvalue weighted by Crippen LogP contribution is 2.26. The molecule has 0 radical (unpaired) electrons. The molecule has 2 aliphatic heterocycles. The van der Waals surface area contributed by atoms with Crippen LogP contribution in [-0.4, -0.2) is 67.7 Å². The Morgan fingerprint density at radius 3 is 2.72 bits per heavy atom. The quantitative estimate of drug-likeness (QED) is 0.549. The van der Waals surface area contributed by atoms with Crippen LogP contribution in [0.5, 0.6) is 0 Å². The van der Waals surface area contributed by atoms with Crippen LogP contribution in [0.15, 0.2) is 10.4 Å². The van der Waals surface area contributed by atoms with Crippen molar-refractivity contribution in [2.45, 2.75) is 76.3 Å². The summed E-state index contributed by atoms with van der Waals surface area (Å²) in [5.74, 6) is 0.940. The number of nitrogens with zero attached hydrogens (tertiary/aromatic N) is 4. The fourth-order valence-electron chi connectivity index (χ4n) is 5.06. The highest BCUT2D eigenvalue weighted by Gasteiger charge is 2.27. The maximum atomic E-state index is 4.83. The monoisotopic (exact) mass is 418 g/mol. The molecule has 3 fully saturated rings. The lowest BCUT2D eigenvalue weighted by atomic mass is 9.92. The molecule has 3 aliphatic rings. The SMILES string of the molecule is CN=C(NCCc1csc(N2CCCC2)n1)NC1CCCN(C2CCCCC2)C1. The van der Waals surface area contributed by atoms with Gasteiger partial charge in [0, 0.05) is 57.1 Å². The van der Waals surface area contributed by atoms with Gasteiger partial charge >= 0.3 is 0 Å². The number of hydrogen-bond acceptors (Lipinski definition) is 5. The zero-order chi connectivity index (χ0) is 19.9. The molecule has 7 heteroatoms. The summed E-state index contributed by atoms with van der Waals surface area (Å²) in [6.45, 7) is 5.65. The first-order valence-electron chi connectivity index (χ1n) is 11.7. The minimum atomic E-state index is 0.512. The Kier molecular flexibility index (Phi) is 7.66. The van der Waals surface area contributed by atoms with E-state index in [2.05, 4.69) is 30.8 Å². The first-order valence-corrected chi connectivity index (χ1v) is 12.6. The number of anilines is 1. The number of guanidine groups is 1. The first kappa shape index (κ1) is 20.9. The Morgan fingerprint density at radius 2 is 1.93 bits per heavy atom. The summed E-state index contributed by atoms with van der Waals surface area (Å²) in [5, 5.41) is 10.6. The Morgan fingerprint density at radius 1 is 1.10 bits per heavy atom. The van der Waals surface area contributed by atoms with E-state index in [1.54, 1.807) is 11.3 Å². The molecule has 2 N–H and O–H groups in total. The number of rotatable bonds is 6. The Balaban J connectivity index is 1.20. The number of piperidine rings is 1. The van der Waals surface area contributed by atoms with Crippen molar-refractivity contribution < 1.29 is 0 Å². The summed E-state index contributed by atoms with van der Waals surface area (Å²) < 4.78 is 0. The van der Waals surface area contributed by atoms with Gasteiger partial charge in [0.15, 0.2) is 11.1 Å². The fraction of sp³-hybridized carbons (Fsp3) is 0.818. The predicted octanol–water partition coefficient (Wildman–Crippen LogP) is 3.25. The molecule has 1 aromatic heterocycles. The molecule has 4 rings (SSSR count). The van der Waals surface area contributed by atoms with Gasteiger partial charge in [-0.05, 0) is 45.1 Å². The van der Waals surface area contributed by atoms with Crippen molar-refractivity contribution in [2.75, 3.05) is 44.7 Å². The van der Waals surface area contributed by atoms with Crippen LogP contribution in [0.25, 0.3) is 0 Å². The molecular formula is C22H38N6S. The topological polar surface area (TPSA) is 55.8 Å². The second kappa shape index (κ2) is 10.6. The predicted molar refractivity (Wildman–Crippen MR) is 123 cm³/mol. The molecule has 1 saturated carbocycles. The summed E-state index contributed by atoms with van der Waals surface area (Å²) >= 11 is 1.79. The Labute approximate surface area is 180 Å². The molecular weight excluding hydrogens is 380 g/mol. The van der Waals surface area contributed by atoms with Gasteiger partial charge in [-0.2, -0.15) is 0 Å². The number of likely N-dealkylation sites (tertiary alicyclic amines) is 1. The summed E-state index contributed by atoms with van der Waals surface area (Å²) in [5.41, 5.74) is 1.20. The van der Waals surface area contributed by atoms with E-state index in [-0.39, 0.29) is 0 Å². The van der Waals surface area contributed by atoms with Gasteiger partial charge < -0.3 is 15.5 Å². The van der Waals surface area contributed by atoms with Gasteiger partial charge in [-0.1, -0.05) is 19.3 Å². The summed E-state index contributed by atoms with van der Waals surface area (Å²) in [6, 6.07) is 1.33. The van der Waals surface area contributed by atoms with Crippen LogP contribution < -0.4 is 15.5 Å². The molecule has 6 nitrogen and oxygen atoms in total. The molecule has 0 spiro atoms. The van der Waals surface area contributed by atoms with E-state index in [0.29, 0.717) is 6.04 Å². The van der Waals surface area contributed by atoms with E-state index >= 15 is 0 Å². The number of nitrogens with one attached hydrogen (secondary N) is 2. The van der Waals surface area contributed by atoms with Gasteiger partial charge in [0.05, 0.1) is 5.69 Å². The third-order valence-electron chi connectivity index (χ3n) is 6.70. The highest BCUT2D eigenvalue weighted by atomic mass is 32.1. The second-order valence-electron chi connectivity index (χ2n) is 8.83. The van der Waals surface area contributed by atoms with Crippen LogP contribution in [0.1, 0.15) is 63.5 Å². The molecule has 1 atom stereocenters. The summed E-state index contributed by atoms with van der Waals surface area (Å²) in [4.78, 5) is 14.5. The molecule has 2 saturated heterocycles. The van der Waals surface area contributed by atoms with Crippen LogP contribution in [0.3, 0.4) is 0 Å². The molecule has 3 heterocycles. The van der Waals surface area contributed by atoms with E-state index in [0.717, 1.165) is 31.5 Å². The van der Waals surface area contributed by atoms with Gasteiger partial charge in [0.25, 0.3) is 0 Å². The van der Waals surface area contributed by atoms with Crippen molar-refractivity contribution in [2.24, 2.45) is 4.99 Å². The van der Waals surface area contributed by atoms with Gasteiger partial charge in [0.2, 0.25) is 0 Å². The lowest BCUT2D eigenvalue weighted by Gasteiger charge is -2.40. The zero-order valence-corrected chi connectivity index (χ0v) is 18.9. The maximum absolute atomic E-state index is 4.83. The number of aliphatic imine (C=N–C) groups is 1. The average molecular weight is 419 g/mol. The lowest BCUT2D eigenvalue weighted by Crippen LogP contribution is -2.53. The molecule has 0 amide bonds. The van der Waals surface area contributed by atoms with E-state index in [1.807, 2.05) is 7.05 Å². The molecule has 0 aromatic carbocycles. The van der Waals surface area contributed by atoms with E-state index in [9.17, 15) is 0 Å². The molecule has 162 valence electrons.